The predicted octanol–water partition coefficient (Wildman–Crippen LogP) is 0.827. The van der Waals surface area contributed by atoms with Crippen molar-refractivity contribution < 1.29 is 4.74 Å². The Morgan fingerprint density at radius 2 is 1.93 bits per heavy atom. The number of hydrogen-bond acceptors (Lipinski definition) is 3. The fraction of sp³-hybridized carbons (Fsp3) is 0.818. The molecule has 0 bridgehead atoms. The summed E-state index contributed by atoms with van der Waals surface area (Å²) >= 11 is 0. The summed E-state index contributed by atoms with van der Waals surface area (Å²) in [6.45, 7) is 9.45. The summed E-state index contributed by atoms with van der Waals surface area (Å²) in [6.07, 6.45) is 4.07. The van der Waals surface area contributed by atoms with Gasteiger partial charge >= 0.3 is 0 Å². The summed E-state index contributed by atoms with van der Waals surface area (Å²) in [5.74, 6) is 0. The Morgan fingerprint density at radius 1 is 1.21 bits per heavy atom. The molecule has 0 aromatic heterocycles. The van der Waals surface area contributed by atoms with E-state index >= 15 is 0 Å². The molecule has 82 valence electrons. The summed E-state index contributed by atoms with van der Waals surface area (Å²) < 4.78 is 5.46. The molecule has 0 aromatic rings. The summed E-state index contributed by atoms with van der Waals surface area (Å²) in [6, 6.07) is 0. The lowest BCUT2D eigenvalue weighted by atomic mass is 10.3. The lowest BCUT2D eigenvalue weighted by Gasteiger charge is -2.32. The second-order valence-electron chi connectivity index (χ2n) is 3.79. The molecule has 0 unspecified atom stereocenters. The van der Waals surface area contributed by atoms with E-state index in [9.17, 15) is 0 Å². The van der Waals surface area contributed by atoms with Crippen LogP contribution in [0.1, 0.15) is 6.92 Å². The number of piperazine rings is 1. The zero-order valence-electron chi connectivity index (χ0n) is 9.41. The Balaban J connectivity index is 1.96. The maximum absolute atomic E-state index is 5.46. The van der Waals surface area contributed by atoms with Crippen molar-refractivity contribution in [3.8, 4) is 0 Å². The molecule has 1 saturated heterocycles. The van der Waals surface area contributed by atoms with E-state index in [0.717, 1.165) is 19.8 Å². The molecule has 1 aliphatic rings. The number of nitrogens with zero attached hydrogens (tertiary/aromatic N) is 2. The summed E-state index contributed by atoms with van der Waals surface area (Å²) in [7, 11) is 2.18. The first-order valence-corrected chi connectivity index (χ1v) is 5.42. The highest BCUT2D eigenvalue weighted by atomic mass is 16.5. The van der Waals surface area contributed by atoms with Crippen molar-refractivity contribution in [2.45, 2.75) is 6.92 Å². The van der Waals surface area contributed by atoms with Crippen molar-refractivity contribution >= 4 is 0 Å². The van der Waals surface area contributed by atoms with Crippen LogP contribution in [0.4, 0.5) is 0 Å². The fourth-order valence-corrected chi connectivity index (χ4v) is 1.51. The van der Waals surface area contributed by atoms with Crippen molar-refractivity contribution in [1.29, 1.82) is 0 Å². The van der Waals surface area contributed by atoms with Gasteiger partial charge in [-0.15, -0.1) is 0 Å². The van der Waals surface area contributed by atoms with Gasteiger partial charge in [-0.1, -0.05) is 12.2 Å². The third-order valence-corrected chi connectivity index (χ3v) is 2.60. The zero-order chi connectivity index (χ0) is 10.2. The van der Waals surface area contributed by atoms with Gasteiger partial charge in [0, 0.05) is 32.7 Å². The first-order chi connectivity index (χ1) is 6.83. The Hall–Kier alpha value is -0.380. The van der Waals surface area contributed by atoms with Gasteiger partial charge in [0.2, 0.25) is 0 Å². The molecule has 0 radical (unpaired) electrons. The molecule has 1 rings (SSSR count). The van der Waals surface area contributed by atoms with Gasteiger partial charge in [0.25, 0.3) is 0 Å². The van der Waals surface area contributed by atoms with Crippen LogP contribution in [-0.4, -0.2) is 62.8 Å². The van der Waals surface area contributed by atoms with Crippen LogP contribution in [0.5, 0.6) is 0 Å². The summed E-state index contributed by atoms with van der Waals surface area (Å²) in [5.41, 5.74) is 0. The first-order valence-electron chi connectivity index (χ1n) is 5.42. The van der Waals surface area contributed by atoms with Crippen molar-refractivity contribution in [2.24, 2.45) is 0 Å². The number of likely N-dealkylation sites (N-methyl/N-ethyl adjacent to an activating group) is 1. The molecule has 1 heterocycles. The van der Waals surface area contributed by atoms with Gasteiger partial charge in [-0.05, 0) is 14.0 Å². The average Bonchev–Trinajstić information content (AvgIpc) is 2.21. The van der Waals surface area contributed by atoms with Crippen molar-refractivity contribution in [3.05, 3.63) is 12.2 Å². The average molecular weight is 198 g/mol. The molecule has 3 nitrogen and oxygen atoms in total. The normalized spacial score (nSPS) is 20.7. The van der Waals surface area contributed by atoms with Gasteiger partial charge in [0.15, 0.2) is 0 Å². The lowest BCUT2D eigenvalue weighted by Crippen LogP contribution is -2.45. The van der Waals surface area contributed by atoms with Crippen LogP contribution in [0.3, 0.4) is 0 Å². The van der Waals surface area contributed by atoms with Crippen LogP contribution in [-0.2, 0) is 4.74 Å². The first kappa shape index (κ1) is 11.7. The Labute approximate surface area is 87.3 Å². The maximum Gasteiger partial charge on any atom is 0.0648 e. The highest BCUT2D eigenvalue weighted by molar-refractivity contribution is 4.76. The van der Waals surface area contributed by atoms with Gasteiger partial charge in [-0.3, -0.25) is 4.90 Å². The van der Waals surface area contributed by atoms with E-state index in [-0.39, 0.29) is 0 Å². The molecular weight excluding hydrogens is 176 g/mol. The molecule has 14 heavy (non-hydrogen) atoms. The molecule has 0 amide bonds. The Bertz CT molecular complexity index is 163. The van der Waals surface area contributed by atoms with Crippen LogP contribution in [0.2, 0.25) is 0 Å². The maximum atomic E-state index is 5.46. The molecule has 1 aliphatic heterocycles. The van der Waals surface area contributed by atoms with E-state index < -0.39 is 0 Å². The zero-order valence-corrected chi connectivity index (χ0v) is 9.41. The van der Waals surface area contributed by atoms with Gasteiger partial charge < -0.3 is 9.64 Å². The summed E-state index contributed by atoms with van der Waals surface area (Å²) in [4.78, 5) is 4.84. The lowest BCUT2D eigenvalue weighted by molar-refractivity contribution is 0.0946. The van der Waals surface area contributed by atoms with Gasteiger partial charge in [0.05, 0.1) is 13.2 Å². The largest absolute Gasteiger partial charge is 0.376 e. The molecule has 3 heteroatoms. The van der Waals surface area contributed by atoms with E-state index in [1.54, 1.807) is 0 Å². The minimum absolute atomic E-state index is 0.754. The minimum atomic E-state index is 0.754. The van der Waals surface area contributed by atoms with Crippen molar-refractivity contribution in [1.82, 2.24) is 9.80 Å². The van der Waals surface area contributed by atoms with E-state index in [4.69, 9.17) is 4.74 Å². The van der Waals surface area contributed by atoms with E-state index in [2.05, 4.69) is 16.8 Å². The molecule has 0 aliphatic carbocycles. The predicted molar refractivity (Wildman–Crippen MR) is 59.6 cm³/mol. The third-order valence-electron chi connectivity index (χ3n) is 2.60. The second-order valence-corrected chi connectivity index (χ2v) is 3.79. The number of allylic oxidation sites excluding steroid dienone is 1. The Kier molecular flexibility index (Phi) is 5.83. The van der Waals surface area contributed by atoms with Gasteiger partial charge in [-0.2, -0.15) is 0 Å². The van der Waals surface area contributed by atoms with Crippen LogP contribution < -0.4 is 0 Å². The van der Waals surface area contributed by atoms with Crippen LogP contribution >= 0.6 is 0 Å². The SMILES string of the molecule is CC=CCOCCN1CCN(C)CC1. The quantitative estimate of drug-likeness (QED) is 0.480. The molecule has 0 aromatic carbocycles. The summed E-state index contributed by atoms with van der Waals surface area (Å²) in [5, 5.41) is 0. The number of hydrogen-bond donors (Lipinski definition) is 0. The minimum Gasteiger partial charge on any atom is -0.376 e. The van der Waals surface area contributed by atoms with Crippen molar-refractivity contribution in [3.63, 3.8) is 0 Å². The Morgan fingerprint density at radius 3 is 2.57 bits per heavy atom. The van der Waals surface area contributed by atoms with E-state index in [0.29, 0.717) is 0 Å². The standard InChI is InChI=1S/C11H22N2O/c1-3-4-10-14-11-9-13-7-5-12(2)6-8-13/h3-4H,5-11H2,1-2H3. The molecule has 1 fully saturated rings. The van der Waals surface area contributed by atoms with Gasteiger partial charge in [-0.25, -0.2) is 0 Å². The number of ether oxygens (including phenoxy) is 1. The molecule has 0 N–H and O–H groups in total. The highest BCUT2D eigenvalue weighted by Gasteiger charge is 2.12. The van der Waals surface area contributed by atoms with E-state index in [1.165, 1.54) is 26.2 Å². The fourth-order valence-electron chi connectivity index (χ4n) is 1.51. The molecule has 0 saturated carbocycles. The van der Waals surface area contributed by atoms with Crippen LogP contribution in [0.25, 0.3) is 0 Å². The molecule has 0 atom stereocenters. The highest BCUT2D eigenvalue weighted by Crippen LogP contribution is 1.98. The number of rotatable bonds is 5. The van der Waals surface area contributed by atoms with Crippen LogP contribution in [0.15, 0.2) is 12.2 Å². The third kappa shape index (κ3) is 4.74. The van der Waals surface area contributed by atoms with Crippen LogP contribution in [0, 0.1) is 0 Å². The monoisotopic (exact) mass is 198 g/mol. The topological polar surface area (TPSA) is 15.7 Å². The second kappa shape index (κ2) is 6.98. The smallest absolute Gasteiger partial charge is 0.0648 e. The van der Waals surface area contributed by atoms with E-state index in [1.807, 2.05) is 19.1 Å². The van der Waals surface area contributed by atoms with Gasteiger partial charge in [0.1, 0.15) is 0 Å². The molecule has 0 spiro atoms. The molecular formula is C11H22N2O. The van der Waals surface area contributed by atoms with Crippen molar-refractivity contribution in [2.75, 3.05) is 53.0 Å².